The van der Waals surface area contributed by atoms with E-state index in [0.717, 1.165) is 12.0 Å². The van der Waals surface area contributed by atoms with Crippen molar-refractivity contribution in [1.29, 1.82) is 0 Å². The summed E-state index contributed by atoms with van der Waals surface area (Å²) in [7, 11) is 0. The first-order valence-corrected chi connectivity index (χ1v) is 8.46. The van der Waals surface area contributed by atoms with Crippen LogP contribution < -0.4 is 11.2 Å². The van der Waals surface area contributed by atoms with Gasteiger partial charge in [-0.1, -0.05) is 0 Å². The average Bonchev–Trinajstić information content (AvgIpc) is 3.20. The number of rotatable bonds is 3. The first-order chi connectivity index (χ1) is 12.4. The van der Waals surface area contributed by atoms with Crippen molar-refractivity contribution in [3.63, 3.8) is 0 Å². The normalized spacial score (nSPS) is 24.5. The maximum absolute atomic E-state index is 13.2. The Bertz CT molecular complexity index is 1120. The molecule has 0 unspecified atom stereocenters. The number of halogens is 2. The molecule has 134 valence electrons. The third-order valence-electron chi connectivity index (χ3n) is 5.45. The number of imidazole rings is 1. The Labute approximate surface area is 145 Å². The van der Waals surface area contributed by atoms with Crippen molar-refractivity contribution in [1.82, 2.24) is 24.6 Å². The third-order valence-corrected chi connectivity index (χ3v) is 5.45. The van der Waals surface area contributed by atoms with Gasteiger partial charge in [0.25, 0.3) is 5.56 Å². The van der Waals surface area contributed by atoms with Crippen LogP contribution >= 0.6 is 0 Å². The quantitative estimate of drug-likeness (QED) is 0.747. The van der Waals surface area contributed by atoms with Crippen molar-refractivity contribution < 1.29 is 8.78 Å². The topological polar surface area (TPSA) is 95.9 Å². The van der Waals surface area contributed by atoms with Crippen molar-refractivity contribution in [3.05, 3.63) is 51.1 Å². The van der Waals surface area contributed by atoms with E-state index in [-0.39, 0.29) is 36.2 Å². The summed E-state index contributed by atoms with van der Waals surface area (Å²) in [6, 6.07) is 1.78. The van der Waals surface area contributed by atoms with Crippen LogP contribution in [0.4, 0.5) is 8.78 Å². The maximum atomic E-state index is 13.2. The highest BCUT2D eigenvalue weighted by atomic mass is 19.3. The fourth-order valence-electron chi connectivity index (χ4n) is 4.05. The standard InChI is InChI=1S/C17H15F2N5O2/c18-17(19)5-8(6-17)9-3-10(9)11-4-13(23-24-2-1-20-14(11)24)12-7-21-16(26)22-15(12)25/h1-2,4,7-10H,3,5-6H2,(H2,21,22,25,26)/t9-,10+/m1/s1. The molecule has 2 atom stereocenters. The van der Waals surface area contributed by atoms with Crippen LogP contribution in [0.5, 0.6) is 0 Å². The van der Waals surface area contributed by atoms with Crippen LogP contribution in [0.2, 0.25) is 0 Å². The van der Waals surface area contributed by atoms with Crippen LogP contribution in [0.1, 0.15) is 30.7 Å². The van der Waals surface area contributed by atoms with Crippen molar-refractivity contribution in [3.8, 4) is 11.3 Å². The summed E-state index contributed by atoms with van der Waals surface area (Å²) >= 11 is 0. The molecule has 2 N–H and O–H groups in total. The lowest BCUT2D eigenvalue weighted by molar-refractivity contribution is -0.116. The zero-order chi connectivity index (χ0) is 18.1. The lowest BCUT2D eigenvalue weighted by Crippen LogP contribution is -2.36. The fraction of sp³-hybridized carbons (Fsp3) is 0.412. The van der Waals surface area contributed by atoms with E-state index in [1.165, 1.54) is 6.20 Å². The molecule has 3 aromatic rings. The molecule has 5 rings (SSSR count). The SMILES string of the molecule is O=c1[nH]cc(-c2cc([C@H]3C[C@@H]3C3CC(F)(F)C3)c3nccn3n2)c(=O)[nH]1. The van der Waals surface area contributed by atoms with Crippen LogP contribution in [0.25, 0.3) is 16.9 Å². The van der Waals surface area contributed by atoms with Gasteiger partial charge >= 0.3 is 5.69 Å². The highest BCUT2D eigenvalue weighted by Crippen LogP contribution is 2.61. The minimum atomic E-state index is -2.52. The molecule has 2 fully saturated rings. The minimum Gasteiger partial charge on any atom is -0.313 e. The predicted molar refractivity (Wildman–Crippen MR) is 88.2 cm³/mol. The Hall–Kier alpha value is -2.84. The van der Waals surface area contributed by atoms with E-state index in [1.54, 1.807) is 23.0 Å². The molecule has 3 heterocycles. The molecule has 7 nitrogen and oxygen atoms in total. The van der Waals surface area contributed by atoms with Gasteiger partial charge in [-0.15, -0.1) is 0 Å². The lowest BCUT2D eigenvalue weighted by atomic mass is 9.77. The second-order valence-corrected chi connectivity index (χ2v) is 7.20. The van der Waals surface area contributed by atoms with Gasteiger partial charge in [0.05, 0.1) is 11.3 Å². The predicted octanol–water partition coefficient (Wildman–Crippen LogP) is 1.92. The summed E-state index contributed by atoms with van der Waals surface area (Å²) in [5.74, 6) is -2.12. The average molecular weight is 359 g/mol. The third kappa shape index (κ3) is 2.38. The fourth-order valence-corrected chi connectivity index (χ4v) is 4.05. The minimum absolute atomic E-state index is 0.0399. The highest BCUT2D eigenvalue weighted by Gasteiger charge is 2.56. The van der Waals surface area contributed by atoms with Gasteiger partial charge in [0.15, 0.2) is 5.65 Å². The van der Waals surface area contributed by atoms with Gasteiger partial charge in [-0.3, -0.25) is 9.78 Å². The second-order valence-electron chi connectivity index (χ2n) is 7.20. The lowest BCUT2D eigenvalue weighted by Gasteiger charge is -2.35. The number of nitrogens with one attached hydrogen (secondary N) is 2. The van der Waals surface area contributed by atoms with E-state index in [1.807, 2.05) is 0 Å². The molecule has 2 aliphatic carbocycles. The number of H-pyrrole nitrogens is 2. The van der Waals surface area contributed by atoms with Crippen LogP contribution in [0.3, 0.4) is 0 Å². The monoisotopic (exact) mass is 359 g/mol. The number of hydrogen-bond acceptors (Lipinski definition) is 4. The Balaban J connectivity index is 1.55. The Kier molecular flexibility index (Phi) is 3.02. The molecule has 0 saturated heterocycles. The van der Waals surface area contributed by atoms with Crippen LogP contribution in [0.15, 0.2) is 34.2 Å². The molecular weight excluding hydrogens is 344 g/mol. The van der Waals surface area contributed by atoms with E-state index in [9.17, 15) is 18.4 Å². The summed E-state index contributed by atoms with van der Waals surface area (Å²) in [5.41, 5.74) is 1.12. The van der Waals surface area contributed by atoms with Crippen LogP contribution in [-0.2, 0) is 0 Å². The molecule has 2 aliphatic rings. The van der Waals surface area contributed by atoms with Gasteiger partial charge in [0, 0.05) is 37.0 Å². The highest BCUT2D eigenvalue weighted by molar-refractivity contribution is 5.63. The van der Waals surface area contributed by atoms with Gasteiger partial charge < -0.3 is 4.98 Å². The molecule has 0 spiro atoms. The number of hydrogen-bond donors (Lipinski definition) is 2. The maximum Gasteiger partial charge on any atom is 0.325 e. The largest absolute Gasteiger partial charge is 0.325 e. The molecule has 3 aromatic heterocycles. The number of aromatic amines is 2. The zero-order valence-corrected chi connectivity index (χ0v) is 13.6. The number of alkyl halides is 2. The van der Waals surface area contributed by atoms with Crippen LogP contribution in [0, 0.1) is 11.8 Å². The van der Waals surface area contributed by atoms with Crippen LogP contribution in [-0.4, -0.2) is 30.5 Å². The first kappa shape index (κ1) is 15.4. The number of aromatic nitrogens is 5. The smallest absolute Gasteiger partial charge is 0.313 e. The molecular formula is C17H15F2N5O2. The van der Waals surface area contributed by atoms with E-state index in [2.05, 4.69) is 20.1 Å². The first-order valence-electron chi connectivity index (χ1n) is 8.46. The van der Waals surface area contributed by atoms with Gasteiger partial charge in [-0.05, 0) is 30.2 Å². The van der Waals surface area contributed by atoms with Crippen molar-refractivity contribution >= 4 is 5.65 Å². The van der Waals surface area contributed by atoms with Gasteiger partial charge in [0.1, 0.15) is 0 Å². The molecule has 9 heteroatoms. The van der Waals surface area contributed by atoms with E-state index < -0.39 is 17.2 Å². The molecule has 0 amide bonds. The Morgan fingerprint density at radius 3 is 2.81 bits per heavy atom. The molecule has 0 aromatic carbocycles. The number of fused-ring (bicyclic) bond motifs is 1. The Morgan fingerprint density at radius 1 is 1.27 bits per heavy atom. The van der Waals surface area contributed by atoms with Crippen molar-refractivity contribution in [2.24, 2.45) is 11.8 Å². The molecule has 2 saturated carbocycles. The zero-order valence-electron chi connectivity index (χ0n) is 13.6. The summed E-state index contributed by atoms with van der Waals surface area (Å²) in [6.07, 6.45) is 5.37. The Morgan fingerprint density at radius 2 is 2.08 bits per heavy atom. The second kappa shape index (κ2) is 5.09. The van der Waals surface area contributed by atoms with Gasteiger partial charge in [-0.25, -0.2) is 23.1 Å². The molecule has 0 aliphatic heterocycles. The molecule has 0 radical (unpaired) electrons. The van der Waals surface area contributed by atoms with E-state index in [0.29, 0.717) is 11.3 Å². The number of nitrogens with zero attached hydrogens (tertiary/aromatic N) is 3. The summed E-state index contributed by atoms with van der Waals surface area (Å²) < 4.78 is 27.9. The summed E-state index contributed by atoms with van der Waals surface area (Å²) in [5, 5.41) is 4.39. The molecule has 26 heavy (non-hydrogen) atoms. The van der Waals surface area contributed by atoms with Gasteiger partial charge in [0.2, 0.25) is 5.92 Å². The van der Waals surface area contributed by atoms with E-state index in [4.69, 9.17) is 0 Å². The summed E-state index contributed by atoms with van der Waals surface area (Å²) in [4.78, 5) is 32.3. The molecule has 0 bridgehead atoms. The van der Waals surface area contributed by atoms with E-state index >= 15 is 0 Å². The van der Waals surface area contributed by atoms with Crippen molar-refractivity contribution in [2.45, 2.75) is 31.1 Å². The summed E-state index contributed by atoms with van der Waals surface area (Å²) in [6.45, 7) is 0. The van der Waals surface area contributed by atoms with Crippen molar-refractivity contribution in [2.75, 3.05) is 0 Å². The van der Waals surface area contributed by atoms with Gasteiger partial charge in [-0.2, -0.15) is 5.10 Å².